The summed E-state index contributed by atoms with van der Waals surface area (Å²) in [4.78, 5) is 11.4. The summed E-state index contributed by atoms with van der Waals surface area (Å²) in [6, 6.07) is 0. The van der Waals surface area contributed by atoms with E-state index in [9.17, 15) is 4.79 Å². The van der Waals surface area contributed by atoms with E-state index >= 15 is 0 Å². The number of hydrogen-bond acceptors (Lipinski definition) is 3. The van der Waals surface area contributed by atoms with Gasteiger partial charge in [-0.25, -0.2) is 0 Å². The van der Waals surface area contributed by atoms with Gasteiger partial charge in [-0.15, -0.1) is 0 Å². The molecule has 0 aromatic heterocycles. The van der Waals surface area contributed by atoms with Crippen LogP contribution in [0.25, 0.3) is 0 Å². The van der Waals surface area contributed by atoms with Gasteiger partial charge in [-0.05, 0) is 18.8 Å². The minimum atomic E-state index is -0.0357. The van der Waals surface area contributed by atoms with Crippen molar-refractivity contribution in [2.45, 2.75) is 40.2 Å². The molecule has 17 heavy (non-hydrogen) atoms. The van der Waals surface area contributed by atoms with Crippen molar-refractivity contribution < 1.29 is 14.3 Å². The Kier molecular flexibility index (Phi) is 5.40. The summed E-state index contributed by atoms with van der Waals surface area (Å²) >= 11 is 0. The fourth-order valence-corrected chi connectivity index (χ4v) is 2.29. The molecule has 0 saturated carbocycles. The van der Waals surface area contributed by atoms with Gasteiger partial charge in [0.2, 0.25) is 5.91 Å². The summed E-state index contributed by atoms with van der Waals surface area (Å²) in [6.07, 6.45) is 1.26. The molecule has 1 N–H and O–H groups in total. The van der Waals surface area contributed by atoms with Crippen LogP contribution >= 0.6 is 0 Å². The molecule has 1 fully saturated rings. The van der Waals surface area contributed by atoms with Gasteiger partial charge in [0, 0.05) is 25.7 Å². The molecule has 100 valence electrons. The van der Waals surface area contributed by atoms with Crippen LogP contribution in [0.15, 0.2) is 0 Å². The van der Waals surface area contributed by atoms with E-state index in [2.05, 4.69) is 26.1 Å². The lowest BCUT2D eigenvalue weighted by atomic mass is 9.81. The monoisotopic (exact) mass is 243 g/mol. The zero-order chi connectivity index (χ0) is 12.9. The summed E-state index contributed by atoms with van der Waals surface area (Å²) < 4.78 is 10.8. The van der Waals surface area contributed by atoms with Crippen molar-refractivity contribution >= 4 is 5.91 Å². The number of rotatable bonds is 5. The zero-order valence-electron chi connectivity index (χ0n) is 11.4. The molecule has 1 aliphatic rings. The van der Waals surface area contributed by atoms with Crippen molar-refractivity contribution in [1.29, 1.82) is 0 Å². The van der Waals surface area contributed by atoms with Crippen molar-refractivity contribution in [3.05, 3.63) is 0 Å². The highest BCUT2D eigenvalue weighted by atomic mass is 16.5. The second-order valence-electron chi connectivity index (χ2n) is 5.65. The maximum Gasteiger partial charge on any atom is 0.246 e. The number of nitrogens with one attached hydrogen (secondary N) is 1. The van der Waals surface area contributed by atoms with Gasteiger partial charge in [-0.1, -0.05) is 20.8 Å². The van der Waals surface area contributed by atoms with E-state index in [1.807, 2.05) is 6.92 Å². The van der Waals surface area contributed by atoms with E-state index in [1.54, 1.807) is 0 Å². The van der Waals surface area contributed by atoms with Crippen LogP contribution in [0.1, 0.15) is 34.1 Å². The minimum absolute atomic E-state index is 0.0357. The summed E-state index contributed by atoms with van der Waals surface area (Å²) in [5.74, 6) is 0.381. The molecule has 1 saturated heterocycles. The Bertz CT molecular complexity index is 248. The van der Waals surface area contributed by atoms with Crippen LogP contribution in [0.2, 0.25) is 0 Å². The third-order valence-electron chi connectivity index (χ3n) is 3.07. The first-order valence-electron chi connectivity index (χ1n) is 6.41. The average molecular weight is 243 g/mol. The predicted molar refractivity (Wildman–Crippen MR) is 66.8 cm³/mol. The van der Waals surface area contributed by atoms with Crippen LogP contribution in [-0.4, -0.2) is 38.4 Å². The van der Waals surface area contributed by atoms with Crippen molar-refractivity contribution in [2.24, 2.45) is 11.3 Å². The Morgan fingerprint density at radius 3 is 2.76 bits per heavy atom. The fourth-order valence-electron chi connectivity index (χ4n) is 2.29. The molecule has 0 unspecified atom stereocenters. The summed E-state index contributed by atoms with van der Waals surface area (Å²) in [6.45, 7) is 10.6. The Hall–Kier alpha value is -0.610. The van der Waals surface area contributed by atoms with Gasteiger partial charge in [-0.2, -0.15) is 0 Å². The molecule has 1 rings (SSSR count). The van der Waals surface area contributed by atoms with E-state index in [0.717, 1.165) is 13.0 Å². The highest BCUT2D eigenvalue weighted by molar-refractivity contribution is 5.77. The molecule has 0 aromatic rings. The minimum Gasteiger partial charge on any atom is -0.377 e. The first kappa shape index (κ1) is 14.5. The number of hydrogen-bond donors (Lipinski definition) is 1. The smallest absolute Gasteiger partial charge is 0.246 e. The van der Waals surface area contributed by atoms with E-state index in [0.29, 0.717) is 19.1 Å². The molecule has 0 radical (unpaired) electrons. The Morgan fingerprint density at radius 1 is 1.47 bits per heavy atom. The van der Waals surface area contributed by atoms with Gasteiger partial charge < -0.3 is 14.8 Å². The van der Waals surface area contributed by atoms with Gasteiger partial charge in [0.15, 0.2) is 0 Å². The summed E-state index contributed by atoms with van der Waals surface area (Å²) in [5, 5.41) is 2.92. The van der Waals surface area contributed by atoms with Crippen LogP contribution in [0.5, 0.6) is 0 Å². The van der Waals surface area contributed by atoms with Crippen LogP contribution < -0.4 is 5.32 Å². The molecule has 0 bridgehead atoms. The lowest BCUT2D eigenvalue weighted by Crippen LogP contribution is -2.39. The molecule has 0 aromatic carbocycles. The lowest BCUT2D eigenvalue weighted by Gasteiger charge is -2.31. The molecular weight excluding hydrogens is 218 g/mol. The van der Waals surface area contributed by atoms with Gasteiger partial charge in [0.25, 0.3) is 0 Å². The molecule has 0 spiro atoms. The first-order chi connectivity index (χ1) is 7.95. The van der Waals surface area contributed by atoms with Crippen molar-refractivity contribution in [1.82, 2.24) is 5.32 Å². The molecule has 1 amide bonds. The first-order valence-corrected chi connectivity index (χ1v) is 6.41. The number of carbonyl (C=O) groups is 1. The van der Waals surface area contributed by atoms with E-state index < -0.39 is 0 Å². The molecular formula is C13H25NO3. The number of ether oxygens (including phenoxy) is 2. The quantitative estimate of drug-likeness (QED) is 0.797. The van der Waals surface area contributed by atoms with Crippen molar-refractivity contribution in [2.75, 3.05) is 26.4 Å². The summed E-state index contributed by atoms with van der Waals surface area (Å²) in [7, 11) is 0. The van der Waals surface area contributed by atoms with Gasteiger partial charge in [0.1, 0.15) is 6.61 Å². The fraction of sp³-hybridized carbons (Fsp3) is 0.923. The van der Waals surface area contributed by atoms with Gasteiger partial charge in [-0.3, -0.25) is 4.79 Å². The Labute approximate surface area is 104 Å². The van der Waals surface area contributed by atoms with Gasteiger partial charge >= 0.3 is 0 Å². The van der Waals surface area contributed by atoms with Crippen LogP contribution in [0.4, 0.5) is 0 Å². The molecule has 2 atom stereocenters. The molecule has 4 nitrogen and oxygen atoms in total. The topological polar surface area (TPSA) is 47.6 Å². The second-order valence-corrected chi connectivity index (χ2v) is 5.65. The van der Waals surface area contributed by atoms with Crippen LogP contribution in [-0.2, 0) is 14.3 Å². The maximum absolute atomic E-state index is 11.4. The van der Waals surface area contributed by atoms with Crippen molar-refractivity contribution in [3.63, 3.8) is 0 Å². The Balaban J connectivity index is 2.33. The maximum atomic E-state index is 11.4. The van der Waals surface area contributed by atoms with E-state index in [1.165, 1.54) is 0 Å². The van der Waals surface area contributed by atoms with Crippen LogP contribution in [0.3, 0.4) is 0 Å². The highest BCUT2D eigenvalue weighted by Crippen LogP contribution is 2.34. The standard InChI is InChI=1S/C13H25NO3/c1-5-16-9-11(15)14-8-10-6-7-17-12(10)13(2,3)4/h10,12H,5-9H2,1-4H3,(H,14,15)/t10-,12+/m1/s1. The van der Waals surface area contributed by atoms with Crippen molar-refractivity contribution in [3.8, 4) is 0 Å². The summed E-state index contributed by atoms with van der Waals surface area (Å²) in [5.41, 5.74) is 0.131. The third kappa shape index (κ3) is 4.64. The number of carbonyl (C=O) groups excluding carboxylic acids is 1. The molecule has 4 heteroatoms. The highest BCUT2D eigenvalue weighted by Gasteiger charge is 2.37. The lowest BCUT2D eigenvalue weighted by molar-refractivity contribution is -0.125. The predicted octanol–water partition coefficient (Wildman–Crippen LogP) is 1.59. The second kappa shape index (κ2) is 6.36. The van der Waals surface area contributed by atoms with E-state index in [-0.39, 0.29) is 24.0 Å². The zero-order valence-corrected chi connectivity index (χ0v) is 11.4. The molecule has 1 aliphatic heterocycles. The SMILES string of the molecule is CCOCC(=O)NC[C@H]1CCO[C@@H]1C(C)(C)C. The van der Waals surface area contributed by atoms with Crippen LogP contribution in [0, 0.1) is 11.3 Å². The van der Waals surface area contributed by atoms with Gasteiger partial charge in [0.05, 0.1) is 6.10 Å². The Morgan fingerprint density at radius 2 is 2.18 bits per heavy atom. The average Bonchev–Trinajstić information content (AvgIpc) is 2.71. The number of amides is 1. The third-order valence-corrected chi connectivity index (χ3v) is 3.07. The molecule has 1 heterocycles. The van der Waals surface area contributed by atoms with E-state index in [4.69, 9.17) is 9.47 Å². The molecule has 0 aliphatic carbocycles. The normalized spacial score (nSPS) is 24.9. The largest absolute Gasteiger partial charge is 0.377 e.